The molecule has 0 aliphatic heterocycles. The lowest BCUT2D eigenvalue weighted by molar-refractivity contribution is -0.172. The van der Waals surface area contributed by atoms with Crippen molar-refractivity contribution in [3.05, 3.63) is 29.6 Å². The van der Waals surface area contributed by atoms with E-state index in [2.05, 4.69) is 22.3 Å². The Kier molecular flexibility index (Phi) is 5.49. The molecule has 0 fully saturated rings. The van der Waals surface area contributed by atoms with Crippen molar-refractivity contribution in [2.24, 2.45) is 5.73 Å². The monoisotopic (exact) mass is 296 g/mol. The van der Waals surface area contributed by atoms with Gasteiger partial charge in [0.05, 0.1) is 12.3 Å². The van der Waals surface area contributed by atoms with Gasteiger partial charge in [-0.25, -0.2) is 4.39 Å². The van der Waals surface area contributed by atoms with Crippen molar-refractivity contribution in [3.63, 3.8) is 0 Å². The molecule has 3 nitrogen and oxygen atoms in total. The predicted molar refractivity (Wildman–Crippen MR) is 67.7 cm³/mol. The highest BCUT2D eigenvalue weighted by molar-refractivity contribution is 7.80. The van der Waals surface area contributed by atoms with E-state index in [0.29, 0.717) is 5.56 Å². The van der Waals surface area contributed by atoms with E-state index in [1.54, 1.807) is 0 Å². The van der Waals surface area contributed by atoms with Crippen LogP contribution in [0.15, 0.2) is 18.2 Å². The van der Waals surface area contributed by atoms with Gasteiger partial charge in [-0.2, -0.15) is 13.2 Å². The standard InChI is InChI=1S/C11H12F4N2OS/c12-8-5-7(10(16)19)1-2-9(8)17-3-4-18-6-11(13,14)15/h1-2,5,17H,3-4,6H2,(H2,16,19). The molecule has 0 bridgehead atoms. The maximum absolute atomic E-state index is 13.5. The number of hydrogen-bond donors (Lipinski definition) is 2. The maximum atomic E-state index is 13.5. The second kappa shape index (κ2) is 6.67. The zero-order valence-electron chi connectivity index (χ0n) is 9.76. The first-order valence-corrected chi connectivity index (χ1v) is 5.68. The zero-order valence-corrected chi connectivity index (χ0v) is 10.6. The summed E-state index contributed by atoms with van der Waals surface area (Å²) in [5, 5.41) is 2.61. The van der Waals surface area contributed by atoms with Crippen LogP contribution in [0.25, 0.3) is 0 Å². The fraction of sp³-hybridized carbons (Fsp3) is 0.364. The van der Waals surface area contributed by atoms with E-state index in [9.17, 15) is 17.6 Å². The molecule has 0 spiro atoms. The molecule has 106 valence electrons. The van der Waals surface area contributed by atoms with Crippen LogP contribution in [0.3, 0.4) is 0 Å². The van der Waals surface area contributed by atoms with Crippen molar-refractivity contribution < 1.29 is 22.3 Å². The quantitative estimate of drug-likeness (QED) is 0.481. The number of rotatable bonds is 6. The summed E-state index contributed by atoms with van der Waals surface area (Å²) in [6.45, 7) is -1.45. The van der Waals surface area contributed by atoms with Gasteiger partial charge < -0.3 is 15.8 Å². The molecule has 1 rings (SSSR count). The molecule has 0 saturated carbocycles. The summed E-state index contributed by atoms with van der Waals surface area (Å²) in [6.07, 6.45) is -4.36. The zero-order chi connectivity index (χ0) is 14.5. The van der Waals surface area contributed by atoms with Crippen LogP contribution in [0.5, 0.6) is 0 Å². The van der Waals surface area contributed by atoms with Crippen LogP contribution in [0.4, 0.5) is 23.2 Å². The summed E-state index contributed by atoms with van der Waals surface area (Å²) in [5.41, 5.74) is 5.86. The number of halogens is 4. The van der Waals surface area contributed by atoms with Crippen LogP contribution in [0.1, 0.15) is 5.56 Å². The molecular weight excluding hydrogens is 284 g/mol. The minimum Gasteiger partial charge on any atom is -0.389 e. The van der Waals surface area contributed by atoms with E-state index in [4.69, 9.17) is 5.73 Å². The molecule has 8 heteroatoms. The lowest BCUT2D eigenvalue weighted by Crippen LogP contribution is -2.20. The Labute approximate surface area is 112 Å². The molecule has 1 aromatic carbocycles. The Morgan fingerprint density at radius 2 is 2.05 bits per heavy atom. The Hall–Kier alpha value is -1.41. The van der Waals surface area contributed by atoms with Gasteiger partial charge in [-0.1, -0.05) is 12.2 Å². The molecule has 0 aliphatic rings. The van der Waals surface area contributed by atoms with E-state index in [1.165, 1.54) is 12.1 Å². The van der Waals surface area contributed by atoms with Gasteiger partial charge in [-0.05, 0) is 18.2 Å². The Balaban J connectivity index is 2.40. The first-order valence-electron chi connectivity index (χ1n) is 5.27. The summed E-state index contributed by atoms with van der Waals surface area (Å²) in [6, 6.07) is 4.08. The van der Waals surface area contributed by atoms with Gasteiger partial charge >= 0.3 is 6.18 Å². The fourth-order valence-corrected chi connectivity index (χ4v) is 1.38. The molecule has 1 aromatic rings. The first-order chi connectivity index (χ1) is 8.79. The van der Waals surface area contributed by atoms with Gasteiger partial charge in [0.1, 0.15) is 17.4 Å². The average molecular weight is 296 g/mol. The fourth-order valence-electron chi connectivity index (χ4n) is 1.26. The smallest absolute Gasteiger partial charge is 0.389 e. The summed E-state index contributed by atoms with van der Waals surface area (Å²) < 4.78 is 53.2. The Morgan fingerprint density at radius 1 is 1.37 bits per heavy atom. The van der Waals surface area contributed by atoms with Crippen molar-refractivity contribution >= 4 is 22.9 Å². The summed E-state index contributed by atoms with van der Waals surface area (Å²) >= 11 is 4.69. The predicted octanol–water partition coefficient (Wildman–Crippen LogP) is 2.45. The Morgan fingerprint density at radius 3 is 2.58 bits per heavy atom. The van der Waals surface area contributed by atoms with E-state index >= 15 is 0 Å². The van der Waals surface area contributed by atoms with Crippen LogP contribution in [-0.4, -0.2) is 30.9 Å². The van der Waals surface area contributed by atoms with Crippen LogP contribution in [0, 0.1) is 5.82 Å². The second-order valence-electron chi connectivity index (χ2n) is 3.65. The molecule has 0 aromatic heterocycles. The number of alkyl halides is 3. The molecule has 0 heterocycles. The van der Waals surface area contributed by atoms with Crippen molar-refractivity contribution in [1.29, 1.82) is 0 Å². The van der Waals surface area contributed by atoms with Crippen molar-refractivity contribution in [1.82, 2.24) is 0 Å². The van der Waals surface area contributed by atoms with Crippen LogP contribution in [0.2, 0.25) is 0 Å². The number of anilines is 1. The number of thiocarbonyl (C=S) groups is 1. The highest BCUT2D eigenvalue weighted by Gasteiger charge is 2.27. The van der Waals surface area contributed by atoms with Gasteiger partial charge in [0.2, 0.25) is 0 Å². The van der Waals surface area contributed by atoms with Crippen molar-refractivity contribution in [2.75, 3.05) is 25.1 Å². The van der Waals surface area contributed by atoms with E-state index < -0.39 is 18.6 Å². The van der Waals surface area contributed by atoms with Gasteiger partial charge in [0, 0.05) is 12.1 Å². The SMILES string of the molecule is NC(=S)c1ccc(NCCOCC(F)(F)F)c(F)c1. The highest BCUT2D eigenvalue weighted by atomic mass is 32.1. The molecule has 0 aliphatic carbocycles. The number of benzene rings is 1. The van der Waals surface area contributed by atoms with Crippen LogP contribution >= 0.6 is 12.2 Å². The third kappa shape index (κ3) is 5.84. The van der Waals surface area contributed by atoms with Crippen molar-refractivity contribution in [3.8, 4) is 0 Å². The van der Waals surface area contributed by atoms with Gasteiger partial charge in [-0.3, -0.25) is 0 Å². The molecule has 19 heavy (non-hydrogen) atoms. The summed E-state index contributed by atoms with van der Waals surface area (Å²) in [7, 11) is 0. The second-order valence-corrected chi connectivity index (χ2v) is 4.09. The number of hydrogen-bond acceptors (Lipinski definition) is 3. The van der Waals surface area contributed by atoms with E-state index in [0.717, 1.165) is 6.07 Å². The van der Waals surface area contributed by atoms with Crippen molar-refractivity contribution in [2.45, 2.75) is 6.18 Å². The third-order valence-corrected chi connectivity index (χ3v) is 2.32. The van der Waals surface area contributed by atoms with Gasteiger partial charge in [0.25, 0.3) is 0 Å². The molecule has 3 N–H and O–H groups in total. The molecular formula is C11H12F4N2OS. The van der Waals surface area contributed by atoms with Crippen LogP contribution < -0.4 is 11.1 Å². The summed E-state index contributed by atoms with van der Waals surface area (Å²) in [5.74, 6) is -0.582. The van der Waals surface area contributed by atoms with Crippen LogP contribution in [-0.2, 0) is 4.74 Å². The highest BCUT2D eigenvalue weighted by Crippen LogP contribution is 2.16. The normalized spacial score (nSPS) is 11.4. The third-order valence-electron chi connectivity index (χ3n) is 2.08. The van der Waals surface area contributed by atoms with E-state index in [1.807, 2.05) is 0 Å². The van der Waals surface area contributed by atoms with E-state index in [-0.39, 0.29) is 23.8 Å². The largest absolute Gasteiger partial charge is 0.411 e. The lowest BCUT2D eigenvalue weighted by atomic mass is 10.2. The minimum absolute atomic E-state index is 0.0550. The minimum atomic E-state index is -4.36. The number of ether oxygens (including phenoxy) is 1. The van der Waals surface area contributed by atoms with Gasteiger partial charge in [-0.15, -0.1) is 0 Å². The molecule has 0 atom stereocenters. The lowest BCUT2D eigenvalue weighted by Gasteiger charge is -2.10. The molecule has 0 amide bonds. The first kappa shape index (κ1) is 15.6. The average Bonchev–Trinajstić information content (AvgIpc) is 2.28. The molecule has 0 unspecified atom stereocenters. The molecule has 0 radical (unpaired) electrons. The maximum Gasteiger partial charge on any atom is 0.411 e. The van der Waals surface area contributed by atoms with Gasteiger partial charge in [0.15, 0.2) is 0 Å². The Bertz CT molecular complexity index is 451. The number of nitrogens with two attached hydrogens (primary N) is 1. The number of nitrogens with one attached hydrogen (secondary N) is 1. The summed E-state index contributed by atoms with van der Waals surface area (Å²) in [4.78, 5) is 0.0685. The molecule has 0 saturated heterocycles. The topological polar surface area (TPSA) is 47.3 Å².